The Balaban J connectivity index is 0.000000221. The lowest BCUT2D eigenvalue weighted by Crippen LogP contribution is -2.33. The third-order valence-corrected chi connectivity index (χ3v) is 8.81. The largest absolute Gasteiger partial charge is 0.416 e. The molecule has 6 aromatic rings. The van der Waals surface area contributed by atoms with Crippen molar-refractivity contribution in [3.8, 4) is 11.4 Å². The second-order valence-corrected chi connectivity index (χ2v) is 13.1. The van der Waals surface area contributed by atoms with E-state index in [1.54, 1.807) is 13.8 Å². The SMILES string of the molecule is Cc1ccc(C(=O)NCc2ccc(F)cc2)c(=O)n1-c1cccc(C(F)(F)F)c1.Cc1cccc(CNC(=O)c2ccc(C)n(-c3cccc(C(F)(F)F)c3)c2=O)c1. The molecule has 8 nitrogen and oxygen atoms in total. The zero-order chi connectivity index (χ0) is 42.4. The number of nitrogens with zero attached hydrogens (tertiary/aromatic N) is 2. The van der Waals surface area contributed by atoms with E-state index >= 15 is 0 Å². The molecule has 4 aromatic carbocycles. The van der Waals surface area contributed by atoms with Crippen molar-refractivity contribution in [1.82, 2.24) is 19.8 Å². The minimum atomic E-state index is -4.56. The van der Waals surface area contributed by atoms with Crippen molar-refractivity contribution in [3.63, 3.8) is 0 Å². The molecule has 0 unspecified atom stereocenters. The highest BCUT2D eigenvalue weighted by atomic mass is 19.4. The second kappa shape index (κ2) is 17.6. The number of carbonyl (C=O) groups excluding carboxylic acids is 2. The summed E-state index contributed by atoms with van der Waals surface area (Å²) in [6.45, 7) is 5.38. The summed E-state index contributed by atoms with van der Waals surface area (Å²) < 4.78 is 93.2. The lowest BCUT2D eigenvalue weighted by Gasteiger charge is -2.14. The number of hydrogen-bond donors (Lipinski definition) is 2. The average Bonchev–Trinajstić information content (AvgIpc) is 3.17. The van der Waals surface area contributed by atoms with E-state index in [1.165, 1.54) is 72.8 Å². The van der Waals surface area contributed by atoms with E-state index in [9.17, 15) is 49.9 Å². The maximum atomic E-state index is 13.0. The molecule has 2 amide bonds. The standard InChI is InChI=1S/C22H19F3N2O2.C21H16F4N2O2/c1-14-5-3-6-16(11-14)13-26-20(28)19-10-9-15(2)27(21(19)29)18-8-4-7-17(12-18)22(23,24)25;1-13-5-10-18(19(28)26-12-14-6-8-16(22)9-7-14)20(29)27(13)17-4-2-3-15(11-17)21(23,24)25/h3-12H,13H2,1-2H3,(H,26,28);2-11H,12H2,1H3,(H,26,28). The molecule has 0 fully saturated rings. The summed E-state index contributed by atoms with van der Waals surface area (Å²) >= 11 is 0. The molecule has 2 heterocycles. The van der Waals surface area contributed by atoms with Crippen molar-refractivity contribution in [2.75, 3.05) is 0 Å². The highest BCUT2D eigenvalue weighted by molar-refractivity contribution is 5.94. The van der Waals surface area contributed by atoms with Gasteiger partial charge in [0.15, 0.2) is 0 Å². The minimum Gasteiger partial charge on any atom is -0.348 e. The number of benzene rings is 4. The molecular weight excluding hydrogens is 769 g/mol. The predicted octanol–water partition coefficient (Wildman–Crippen LogP) is 8.64. The Hall–Kier alpha value is -6.77. The van der Waals surface area contributed by atoms with Gasteiger partial charge in [-0.2, -0.15) is 26.3 Å². The number of hydrogen-bond acceptors (Lipinski definition) is 4. The molecule has 0 aliphatic carbocycles. The van der Waals surface area contributed by atoms with Crippen LogP contribution in [0, 0.1) is 26.6 Å². The molecule has 2 aromatic heterocycles. The van der Waals surface area contributed by atoms with Crippen LogP contribution in [0.15, 0.2) is 131 Å². The molecular formula is C43H35F7N4O4. The Kier molecular flexibility index (Phi) is 12.8. The van der Waals surface area contributed by atoms with Crippen LogP contribution in [0.25, 0.3) is 11.4 Å². The molecule has 0 saturated heterocycles. The molecule has 15 heteroatoms. The number of halogens is 7. The third-order valence-electron chi connectivity index (χ3n) is 8.81. The number of aromatic nitrogens is 2. The van der Waals surface area contributed by atoms with Gasteiger partial charge >= 0.3 is 12.4 Å². The van der Waals surface area contributed by atoms with Crippen molar-refractivity contribution < 1.29 is 40.3 Å². The fourth-order valence-corrected chi connectivity index (χ4v) is 5.87. The fourth-order valence-electron chi connectivity index (χ4n) is 5.87. The maximum Gasteiger partial charge on any atom is 0.416 e. The van der Waals surface area contributed by atoms with Crippen LogP contribution in [0.1, 0.15) is 59.9 Å². The molecule has 0 atom stereocenters. The number of aryl methyl sites for hydroxylation is 3. The Bertz CT molecular complexity index is 2580. The van der Waals surface area contributed by atoms with E-state index in [0.29, 0.717) is 17.0 Å². The van der Waals surface area contributed by atoms with Crippen LogP contribution < -0.4 is 21.8 Å². The first-order chi connectivity index (χ1) is 27.3. The molecule has 2 N–H and O–H groups in total. The fraction of sp³-hybridized carbons (Fsp3) is 0.163. The van der Waals surface area contributed by atoms with Crippen LogP contribution in [-0.4, -0.2) is 20.9 Å². The van der Waals surface area contributed by atoms with E-state index in [2.05, 4.69) is 10.6 Å². The van der Waals surface area contributed by atoms with Gasteiger partial charge in [0.2, 0.25) is 0 Å². The number of alkyl halides is 6. The van der Waals surface area contributed by atoms with Gasteiger partial charge in [0.25, 0.3) is 22.9 Å². The molecule has 0 saturated carbocycles. The van der Waals surface area contributed by atoms with Crippen molar-refractivity contribution >= 4 is 11.8 Å². The summed E-state index contributed by atoms with van der Waals surface area (Å²) in [4.78, 5) is 50.7. The summed E-state index contributed by atoms with van der Waals surface area (Å²) in [6.07, 6.45) is -9.09. The van der Waals surface area contributed by atoms with Gasteiger partial charge in [-0.1, -0.05) is 54.1 Å². The second-order valence-electron chi connectivity index (χ2n) is 13.1. The number of pyridine rings is 2. The Labute approximate surface area is 327 Å². The van der Waals surface area contributed by atoms with Crippen LogP contribution >= 0.6 is 0 Å². The van der Waals surface area contributed by atoms with Crippen LogP contribution in [0.2, 0.25) is 0 Å². The quantitative estimate of drug-likeness (QED) is 0.151. The van der Waals surface area contributed by atoms with Gasteiger partial charge in [-0.05, 0) is 105 Å². The summed E-state index contributed by atoms with van der Waals surface area (Å²) in [5.74, 6) is -1.68. The van der Waals surface area contributed by atoms with Gasteiger partial charge in [0.1, 0.15) is 16.9 Å². The zero-order valence-corrected chi connectivity index (χ0v) is 31.1. The summed E-state index contributed by atoms with van der Waals surface area (Å²) in [5, 5.41) is 5.24. The van der Waals surface area contributed by atoms with Crippen LogP contribution in [0.5, 0.6) is 0 Å². The molecule has 0 aliphatic heterocycles. The third kappa shape index (κ3) is 10.3. The Morgan fingerprint density at radius 2 is 0.966 bits per heavy atom. The van der Waals surface area contributed by atoms with Gasteiger partial charge in [-0.3, -0.25) is 28.3 Å². The smallest absolute Gasteiger partial charge is 0.348 e. The predicted molar refractivity (Wildman–Crippen MR) is 203 cm³/mol. The highest BCUT2D eigenvalue weighted by Gasteiger charge is 2.32. The van der Waals surface area contributed by atoms with Crippen LogP contribution in [0.3, 0.4) is 0 Å². The molecule has 0 aliphatic rings. The molecule has 58 heavy (non-hydrogen) atoms. The van der Waals surface area contributed by atoms with E-state index < -0.39 is 52.2 Å². The normalized spacial score (nSPS) is 11.3. The van der Waals surface area contributed by atoms with Gasteiger partial charge in [0.05, 0.1) is 11.1 Å². The zero-order valence-electron chi connectivity index (χ0n) is 31.1. The van der Waals surface area contributed by atoms with Gasteiger partial charge in [-0.25, -0.2) is 4.39 Å². The van der Waals surface area contributed by atoms with Crippen molar-refractivity contribution in [1.29, 1.82) is 0 Å². The van der Waals surface area contributed by atoms with Crippen LogP contribution in [-0.2, 0) is 25.4 Å². The number of amides is 2. The van der Waals surface area contributed by atoms with Crippen molar-refractivity contribution in [2.24, 2.45) is 0 Å². The number of nitrogens with one attached hydrogen (secondary N) is 2. The average molecular weight is 805 g/mol. The van der Waals surface area contributed by atoms with Gasteiger partial charge in [-0.15, -0.1) is 0 Å². The summed E-state index contributed by atoms with van der Waals surface area (Å²) in [6, 6.07) is 27.5. The minimum absolute atomic E-state index is 0.00973. The molecule has 0 bridgehead atoms. The Morgan fingerprint density at radius 1 is 0.534 bits per heavy atom. The van der Waals surface area contributed by atoms with E-state index in [4.69, 9.17) is 0 Å². The van der Waals surface area contributed by atoms with Gasteiger partial charge < -0.3 is 10.6 Å². The highest BCUT2D eigenvalue weighted by Crippen LogP contribution is 2.31. The molecule has 0 radical (unpaired) electrons. The number of carbonyl (C=O) groups is 2. The lowest BCUT2D eigenvalue weighted by atomic mass is 10.1. The first-order valence-corrected chi connectivity index (χ1v) is 17.5. The molecule has 300 valence electrons. The monoisotopic (exact) mass is 804 g/mol. The summed E-state index contributed by atoms with van der Waals surface area (Å²) in [5.41, 5.74) is -0.112. The first-order valence-electron chi connectivity index (χ1n) is 17.5. The van der Waals surface area contributed by atoms with Gasteiger partial charge in [0, 0.05) is 35.9 Å². The first kappa shape index (κ1) is 42.4. The maximum absolute atomic E-state index is 13.0. The Morgan fingerprint density at radius 3 is 1.40 bits per heavy atom. The molecule has 0 spiro atoms. The number of rotatable bonds is 8. The van der Waals surface area contributed by atoms with Crippen molar-refractivity contribution in [2.45, 2.75) is 46.2 Å². The van der Waals surface area contributed by atoms with Crippen LogP contribution in [0.4, 0.5) is 30.7 Å². The van der Waals surface area contributed by atoms with E-state index in [1.807, 2.05) is 31.2 Å². The topological polar surface area (TPSA) is 102 Å². The lowest BCUT2D eigenvalue weighted by molar-refractivity contribution is -0.138. The van der Waals surface area contributed by atoms with Crippen molar-refractivity contribution in [3.05, 3.63) is 198 Å². The summed E-state index contributed by atoms with van der Waals surface area (Å²) in [7, 11) is 0. The van der Waals surface area contributed by atoms with E-state index in [-0.39, 0.29) is 35.6 Å². The molecule has 6 rings (SSSR count). The van der Waals surface area contributed by atoms with E-state index in [0.717, 1.165) is 44.5 Å².